The number of nitrogens with zero attached hydrogens (tertiary/aromatic N) is 2. The van der Waals surface area contributed by atoms with Gasteiger partial charge in [-0.05, 0) is 55.1 Å². The fourth-order valence-corrected chi connectivity index (χ4v) is 7.44. The summed E-state index contributed by atoms with van der Waals surface area (Å²) in [5, 5.41) is 9.76. The number of urea groups is 1. The number of rotatable bonds is 5. The van der Waals surface area contributed by atoms with E-state index in [1.165, 1.54) is 17.8 Å². The van der Waals surface area contributed by atoms with Crippen LogP contribution in [-0.4, -0.2) is 59.8 Å². The van der Waals surface area contributed by atoms with E-state index in [1.54, 1.807) is 4.90 Å². The van der Waals surface area contributed by atoms with Crippen molar-refractivity contribution in [1.82, 2.24) is 20.9 Å². The maximum Gasteiger partial charge on any atom is 0.326 e. The highest BCUT2D eigenvalue weighted by Gasteiger charge is 2.51. The van der Waals surface area contributed by atoms with Gasteiger partial charge in [-0.25, -0.2) is 4.79 Å². The van der Waals surface area contributed by atoms with E-state index < -0.39 is 0 Å². The smallest absolute Gasteiger partial charge is 0.326 e. The van der Waals surface area contributed by atoms with Gasteiger partial charge in [0.25, 0.3) is 5.91 Å². The molecule has 0 aliphatic carbocycles. The van der Waals surface area contributed by atoms with Crippen molar-refractivity contribution in [3.05, 3.63) is 77.9 Å². The van der Waals surface area contributed by atoms with E-state index in [0.29, 0.717) is 23.7 Å². The molecule has 0 saturated carbocycles. The van der Waals surface area contributed by atoms with E-state index in [2.05, 4.69) is 46.8 Å². The van der Waals surface area contributed by atoms with Gasteiger partial charge in [0.1, 0.15) is 0 Å². The summed E-state index contributed by atoms with van der Waals surface area (Å²) in [6.45, 7) is 5.49. The second-order valence-electron chi connectivity index (χ2n) is 10.1. The number of nitrogens with one attached hydrogen (secondary N) is 3. The highest BCUT2D eigenvalue weighted by Crippen LogP contribution is 2.48. The molecule has 4 heterocycles. The van der Waals surface area contributed by atoms with Crippen LogP contribution in [0.2, 0.25) is 0 Å². The number of thioether (sulfide) groups is 1. The Hall–Kier alpha value is -3.56. The molecule has 0 radical (unpaired) electrons. The molecule has 3 saturated heterocycles. The first-order chi connectivity index (χ1) is 18.5. The zero-order valence-corrected chi connectivity index (χ0v) is 21.9. The lowest BCUT2D eigenvalue weighted by atomic mass is 9.86. The molecule has 2 aromatic rings. The Kier molecular flexibility index (Phi) is 6.71. The van der Waals surface area contributed by atoms with Crippen molar-refractivity contribution in [2.24, 2.45) is 5.92 Å². The van der Waals surface area contributed by atoms with Crippen LogP contribution >= 0.6 is 11.8 Å². The third-order valence-electron chi connectivity index (χ3n) is 7.84. The molecule has 0 aromatic heterocycles. The van der Waals surface area contributed by atoms with Gasteiger partial charge in [0.15, 0.2) is 0 Å². The lowest BCUT2D eigenvalue weighted by molar-refractivity contribution is -0.128. The number of amides is 4. The standard InChI is InChI=1S/C29H31N5O3S/c1-2-23(35)33-16-6-9-20(17-33)31-27(36)26-25-24-22(14-15-30-28(24)38-26)34(29(37)32-25)21-12-10-19(11-13-21)18-7-4-3-5-8-18/h2-5,7-8,10-13,20,22,24,28,30H,1,6,9,14-17H2,(H,31,36)(H,32,37)/t20-,22?,24?,28?/m1/s1. The molecule has 4 aliphatic rings. The van der Waals surface area contributed by atoms with Gasteiger partial charge in [-0.1, -0.05) is 60.8 Å². The molecule has 4 atom stereocenters. The van der Waals surface area contributed by atoms with Crippen LogP contribution in [0.3, 0.4) is 0 Å². The molecule has 4 amide bonds. The highest BCUT2D eigenvalue weighted by atomic mass is 32.2. The predicted octanol–water partition coefficient (Wildman–Crippen LogP) is 3.44. The Morgan fingerprint density at radius 1 is 1.05 bits per heavy atom. The maximum absolute atomic E-state index is 13.5. The SMILES string of the molecule is C=CC(=O)N1CCC[C@@H](NC(=O)C2=C3NC(=O)N(c4ccc(-c5ccccc5)cc4)C4CCNC(S2)C34)C1. The van der Waals surface area contributed by atoms with E-state index in [1.807, 2.05) is 35.2 Å². The Bertz CT molecular complexity index is 1300. The van der Waals surface area contributed by atoms with Crippen molar-refractivity contribution in [3.63, 3.8) is 0 Å². The molecule has 3 N–H and O–H groups in total. The van der Waals surface area contributed by atoms with E-state index in [-0.39, 0.29) is 41.2 Å². The Morgan fingerprint density at radius 2 is 1.82 bits per heavy atom. The number of hydrogen-bond donors (Lipinski definition) is 3. The Balaban J connectivity index is 1.22. The molecule has 196 valence electrons. The summed E-state index contributed by atoms with van der Waals surface area (Å²) in [5.41, 5.74) is 3.80. The fourth-order valence-electron chi connectivity index (χ4n) is 6.04. The Labute approximate surface area is 226 Å². The molecular formula is C29H31N5O3S. The summed E-state index contributed by atoms with van der Waals surface area (Å²) in [6.07, 6.45) is 3.76. The van der Waals surface area contributed by atoms with Crippen molar-refractivity contribution in [1.29, 1.82) is 0 Å². The highest BCUT2D eigenvalue weighted by molar-refractivity contribution is 8.04. The summed E-state index contributed by atoms with van der Waals surface area (Å²) < 4.78 is 0. The summed E-state index contributed by atoms with van der Waals surface area (Å²) in [6, 6.07) is 17.9. The summed E-state index contributed by atoms with van der Waals surface area (Å²) in [7, 11) is 0. The monoisotopic (exact) mass is 529 g/mol. The van der Waals surface area contributed by atoms with Gasteiger partial charge in [0.05, 0.1) is 16.3 Å². The van der Waals surface area contributed by atoms with E-state index in [9.17, 15) is 14.4 Å². The first kappa shape index (κ1) is 24.8. The van der Waals surface area contributed by atoms with Crippen LogP contribution in [0.25, 0.3) is 11.1 Å². The number of hydrogen-bond acceptors (Lipinski definition) is 5. The van der Waals surface area contributed by atoms with Gasteiger partial charge in [-0.3, -0.25) is 14.5 Å². The van der Waals surface area contributed by atoms with Gasteiger partial charge in [0, 0.05) is 36.4 Å². The largest absolute Gasteiger partial charge is 0.347 e. The van der Waals surface area contributed by atoms with Gasteiger partial charge in [-0.2, -0.15) is 0 Å². The summed E-state index contributed by atoms with van der Waals surface area (Å²) in [4.78, 5) is 43.1. The molecular weight excluding hydrogens is 498 g/mol. The van der Waals surface area contributed by atoms with Gasteiger partial charge in [0.2, 0.25) is 5.91 Å². The minimum absolute atomic E-state index is 0.00815. The lowest BCUT2D eigenvalue weighted by Crippen LogP contribution is -2.62. The normalized spacial score (nSPS) is 26.5. The maximum atomic E-state index is 13.5. The van der Waals surface area contributed by atoms with Gasteiger partial charge in [-0.15, -0.1) is 0 Å². The van der Waals surface area contributed by atoms with Crippen LogP contribution in [0.5, 0.6) is 0 Å². The van der Waals surface area contributed by atoms with Crippen molar-refractivity contribution >= 4 is 35.3 Å². The first-order valence-electron chi connectivity index (χ1n) is 13.2. The van der Waals surface area contributed by atoms with E-state index in [4.69, 9.17) is 0 Å². The summed E-state index contributed by atoms with van der Waals surface area (Å²) >= 11 is 1.50. The van der Waals surface area contributed by atoms with Crippen molar-refractivity contribution < 1.29 is 14.4 Å². The average molecular weight is 530 g/mol. The van der Waals surface area contributed by atoms with Crippen LogP contribution in [-0.2, 0) is 9.59 Å². The molecule has 38 heavy (non-hydrogen) atoms. The zero-order chi connectivity index (χ0) is 26.2. The number of benzene rings is 2. The molecule has 2 aromatic carbocycles. The minimum Gasteiger partial charge on any atom is -0.347 e. The molecule has 0 spiro atoms. The van der Waals surface area contributed by atoms with Crippen molar-refractivity contribution in [3.8, 4) is 11.1 Å². The molecule has 3 unspecified atom stereocenters. The lowest BCUT2D eigenvalue weighted by Gasteiger charge is -2.45. The third kappa shape index (κ3) is 4.50. The van der Waals surface area contributed by atoms with Crippen molar-refractivity contribution in [2.45, 2.75) is 36.7 Å². The minimum atomic E-state index is -0.206. The Morgan fingerprint density at radius 3 is 2.58 bits per heavy atom. The van der Waals surface area contributed by atoms with E-state index in [0.717, 1.165) is 42.6 Å². The van der Waals surface area contributed by atoms with Crippen LogP contribution in [0.4, 0.5) is 10.5 Å². The van der Waals surface area contributed by atoms with Crippen LogP contribution in [0.1, 0.15) is 19.3 Å². The number of piperidine rings is 2. The van der Waals surface area contributed by atoms with Crippen LogP contribution in [0.15, 0.2) is 77.9 Å². The number of carbonyl (C=O) groups excluding carboxylic acids is 3. The topological polar surface area (TPSA) is 93.8 Å². The van der Waals surface area contributed by atoms with Gasteiger partial charge >= 0.3 is 6.03 Å². The second-order valence-corrected chi connectivity index (χ2v) is 11.3. The molecule has 0 bridgehead atoms. The quantitative estimate of drug-likeness (QED) is 0.516. The number of carbonyl (C=O) groups is 3. The van der Waals surface area contributed by atoms with Crippen LogP contribution < -0.4 is 20.9 Å². The molecule has 3 fully saturated rings. The van der Waals surface area contributed by atoms with Gasteiger partial charge < -0.3 is 20.9 Å². The zero-order valence-electron chi connectivity index (χ0n) is 21.1. The fraction of sp³-hybridized carbons (Fsp3) is 0.345. The number of anilines is 1. The third-order valence-corrected chi connectivity index (χ3v) is 9.20. The van der Waals surface area contributed by atoms with Crippen molar-refractivity contribution in [2.75, 3.05) is 24.5 Å². The summed E-state index contributed by atoms with van der Waals surface area (Å²) in [5.74, 6) is -0.305. The predicted molar refractivity (Wildman–Crippen MR) is 149 cm³/mol. The van der Waals surface area contributed by atoms with E-state index >= 15 is 0 Å². The average Bonchev–Trinajstić information content (AvgIpc) is 3.33. The second kappa shape index (κ2) is 10.3. The molecule has 6 rings (SSSR count). The first-order valence-corrected chi connectivity index (χ1v) is 14.0. The van der Waals surface area contributed by atoms with Crippen LogP contribution in [0, 0.1) is 5.92 Å². The number of likely N-dealkylation sites (tertiary alicyclic amines) is 1. The molecule has 9 heteroatoms. The molecule has 4 aliphatic heterocycles. The molecule has 8 nitrogen and oxygen atoms in total.